The molecule has 2 fully saturated rings. The molecule has 2 aliphatic rings. The molecular weight excluding hydrogens is 172 g/mol. The molecule has 1 saturated carbocycles. The zero-order valence-electron chi connectivity index (χ0n) is 9.47. The average Bonchev–Trinajstić information content (AvgIpc) is 2.76. The highest BCUT2D eigenvalue weighted by molar-refractivity contribution is 4.76. The fourth-order valence-electron chi connectivity index (χ4n) is 3.02. The molecule has 0 aromatic heterocycles. The second-order valence-electron chi connectivity index (χ2n) is 5.23. The second-order valence-corrected chi connectivity index (χ2v) is 5.23. The van der Waals surface area contributed by atoms with E-state index < -0.39 is 0 Å². The Morgan fingerprint density at radius 2 is 1.79 bits per heavy atom. The highest BCUT2D eigenvalue weighted by Gasteiger charge is 2.20. The van der Waals surface area contributed by atoms with E-state index in [2.05, 4.69) is 17.3 Å². The molecule has 1 aliphatic carbocycles. The van der Waals surface area contributed by atoms with Crippen molar-refractivity contribution in [3.63, 3.8) is 0 Å². The first kappa shape index (κ1) is 10.4. The van der Waals surface area contributed by atoms with Crippen LogP contribution in [0.15, 0.2) is 0 Å². The number of hydrogen-bond acceptors (Lipinski definition) is 2. The van der Waals surface area contributed by atoms with E-state index in [1.165, 1.54) is 58.3 Å². The van der Waals surface area contributed by atoms with Gasteiger partial charge in [-0.2, -0.15) is 0 Å². The van der Waals surface area contributed by atoms with Gasteiger partial charge in [0.25, 0.3) is 0 Å². The van der Waals surface area contributed by atoms with Gasteiger partial charge in [-0.05, 0) is 51.2 Å². The van der Waals surface area contributed by atoms with E-state index in [1.807, 2.05) is 0 Å². The molecule has 2 heteroatoms. The lowest BCUT2D eigenvalue weighted by Gasteiger charge is -2.23. The molecule has 1 heterocycles. The van der Waals surface area contributed by atoms with Crippen molar-refractivity contribution >= 4 is 0 Å². The summed E-state index contributed by atoms with van der Waals surface area (Å²) in [6.45, 7) is 5.14. The predicted octanol–water partition coefficient (Wildman–Crippen LogP) is 1.72. The molecule has 2 nitrogen and oxygen atoms in total. The van der Waals surface area contributed by atoms with E-state index >= 15 is 0 Å². The van der Waals surface area contributed by atoms with Gasteiger partial charge >= 0.3 is 0 Å². The fourth-order valence-corrected chi connectivity index (χ4v) is 3.02. The van der Waals surface area contributed by atoms with E-state index in [4.69, 9.17) is 0 Å². The first-order chi connectivity index (χ1) is 6.84. The topological polar surface area (TPSA) is 15.3 Å². The summed E-state index contributed by atoms with van der Waals surface area (Å²) in [7, 11) is 2.30. The molecule has 1 unspecified atom stereocenters. The Labute approximate surface area is 88.1 Å². The molecule has 14 heavy (non-hydrogen) atoms. The van der Waals surface area contributed by atoms with Gasteiger partial charge in [0.05, 0.1) is 0 Å². The summed E-state index contributed by atoms with van der Waals surface area (Å²) in [5.74, 6) is 1.93. The minimum atomic E-state index is 0.918. The number of rotatable bonds is 4. The van der Waals surface area contributed by atoms with Crippen molar-refractivity contribution in [2.45, 2.75) is 32.1 Å². The molecular formula is C12H24N2. The van der Waals surface area contributed by atoms with Crippen LogP contribution in [0.3, 0.4) is 0 Å². The lowest BCUT2D eigenvalue weighted by atomic mass is 10.1. The summed E-state index contributed by atoms with van der Waals surface area (Å²) in [5, 5.41) is 3.44. The van der Waals surface area contributed by atoms with Gasteiger partial charge in [-0.15, -0.1) is 0 Å². The monoisotopic (exact) mass is 196 g/mol. The van der Waals surface area contributed by atoms with Crippen LogP contribution < -0.4 is 5.32 Å². The molecule has 1 saturated heterocycles. The summed E-state index contributed by atoms with van der Waals surface area (Å²) in [5.41, 5.74) is 0. The van der Waals surface area contributed by atoms with Gasteiger partial charge in [0, 0.05) is 13.1 Å². The van der Waals surface area contributed by atoms with Crippen LogP contribution in [0.2, 0.25) is 0 Å². The highest BCUT2D eigenvalue weighted by atomic mass is 15.1. The second kappa shape index (κ2) is 5.13. The summed E-state index contributed by atoms with van der Waals surface area (Å²) in [6, 6.07) is 0. The van der Waals surface area contributed by atoms with Gasteiger partial charge in [0.2, 0.25) is 0 Å². The number of nitrogens with one attached hydrogen (secondary N) is 1. The van der Waals surface area contributed by atoms with Gasteiger partial charge in [0.1, 0.15) is 0 Å². The van der Waals surface area contributed by atoms with Crippen molar-refractivity contribution in [1.29, 1.82) is 0 Å². The maximum absolute atomic E-state index is 3.44. The van der Waals surface area contributed by atoms with Crippen LogP contribution in [-0.2, 0) is 0 Å². The molecule has 1 aliphatic heterocycles. The van der Waals surface area contributed by atoms with Gasteiger partial charge in [-0.3, -0.25) is 0 Å². The number of hydrogen-bond donors (Lipinski definition) is 1. The normalized spacial score (nSPS) is 29.1. The largest absolute Gasteiger partial charge is 0.316 e. The van der Waals surface area contributed by atoms with Crippen LogP contribution in [0.1, 0.15) is 32.1 Å². The van der Waals surface area contributed by atoms with E-state index in [1.54, 1.807) is 0 Å². The van der Waals surface area contributed by atoms with Crippen molar-refractivity contribution in [2.24, 2.45) is 11.8 Å². The zero-order valence-corrected chi connectivity index (χ0v) is 9.47. The Bertz CT molecular complexity index is 140. The zero-order chi connectivity index (χ0) is 9.80. The lowest BCUT2D eigenvalue weighted by Crippen LogP contribution is -2.30. The van der Waals surface area contributed by atoms with Crippen molar-refractivity contribution in [3.05, 3.63) is 0 Å². The third-order valence-electron chi connectivity index (χ3n) is 3.78. The van der Waals surface area contributed by atoms with Crippen LogP contribution in [0.5, 0.6) is 0 Å². The van der Waals surface area contributed by atoms with E-state index in [0.29, 0.717) is 0 Å². The summed E-state index contributed by atoms with van der Waals surface area (Å²) >= 11 is 0. The fraction of sp³-hybridized carbons (Fsp3) is 1.00. The van der Waals surface area contributed by atoms with Crippen molar-refractivity contribution < 1.29 is 0 Å². The molecule has 82 valence electrons. The van der Waals surface area contributed by atoms with Gasteiger partial charge < -0.3 is 10.2 Å². The Morgan fingerprint density at radius 3 is 2.43 bits per heavy atom. The minimum absolute atomic E-state index is 0.918. The Morgan fingerprint density at radius 1 is 1.07 bits per heavy atom. The van der Waals surface area contributed by atoms with Crippen LogP contribution in [-0.4, -0.2) is 38.1 Å². The number of nitrogens with zero attached hydrogens (tertiary/aromatic N) is 1. The summed E-state index contributed by atoms with van der Waals surface area (Å²) < 4.78 is 0. The molecule has 0 bridgehead atoms. The van der Waals surface area contributed by atoms with Crippen molar-refractivity contribution in [3.8, 4) is 0 Å². The molecule has 2 rings (SSSR count). The van der Waals surface area contributed by atoms with Crippen LogP contribution in [0.4, 0.5) is 0 Å². The first-order valence-corrected chi connectivity index (χ1v) is 6.24. The maximum Gasteiger partial charge on any atom is 0.00193 e. The maximum atomic E-state index is 3.44. The molecule has 0 aromatic carbocycles. The third-order valence-corrected chi connectivity index (χ3v) is 3.78. The molecule has 0 radical (unpaired) electrons. The third kappa shape index (κ3) is 2.96. The minimum Gasteiger partial charge on any atom is -0.316 e. The molecule has 0 spiro atoms. The smallest absolute Gasteiger partial charge is 0.00193 e. The van der Waals surface area contributed by atoms with Crippen molar-refractivity contribution in [1.82, 2.24) is 10.2 Å². The molecule has 1 N–H and O–H groups in total. The highest BCUT2D eigenvalue weighted by Crippen LogP contribution is 2.25. The Kier molecular flexibility index (Phi) is 3.82. The van der Waals surface area contributed by atoms with E-state index in [-0.39, 0.29) is 0 Å². The van der Waals surface area contributed by atoms with Crippen LogP contribution in [0.25, 0.3) is 0 Å². The van der Waals surface area contributed by atoms with E-state index in [0.717, 1.165) is 11.8 Å². The molecule has 0 amide bonds. The van der Waals surface area contributed by atoms with Gasteiger partial charge in [-0.1, -0.05) is 12.8 Å². The predicted molar refractivity (Wildman–Crippen MR) is 60.4 cm³/mol. The van der Waals surface area contributed by atoms with Crippen LogP contribution >= 0.6 is 0 Å². The van der Waals surface area contributed by atoms with Crippen molar-refractivity contribution in [2.75, 3.05) is 33.2 Å². The van der Waals surface area contributed by atoms with E-state index in [9.17, 15) is 0 Å². The SMILES string of the molecule is CN(CC1CCCC1)CC1CCNC1. The molecule has 1 atom stereocenters. The Hall–Kier alpha value is -0.0800. The van der Waals surface area contributed by atoms with Gasteiger partial charge in [0.15, 0.2) is 0 Å². The average molecular weight is 196 g/mol. The summed E-state index contributed by atoms with van der Waals surface area (Å²) in [4.78, 5) is 2.56. The molecule has 0 aromatic rings. The lowest BCUT2D eigenvalue weighted by molar-refractivity contribution is 0.245. The summed E-state index contributed by atoms with van der Waals surface area (Å²) in [6.07, 6.45) is 7.29. The Balaban J connectivity index is 1.64. The van der Waals surface area contributed by atoms with Gasteiger partial charge in [-0.25, -0.2) is 0 Å². The van der Waals surface area contributed by atoms with Crippen LogP contribution in [0, 0.1) is 11.8 Å². The standard InChI is InChI=1S/C12H24N2/c1-14(9-11-4-2-3-5-11)10-12-6-7-13-8-12/h11-13H,2-10H2,1H3. The first-order valence-electron chi connectivity index (χ1n) is 6.24. The quantitative estimate of drug-likeness (QED) is 0.736.